The van der Waals surface area contributed by atoms with Crippen LogP contribution >= 0.6 is 0 Å². The fourth-order valence-corrected chi connectivity index (χ4v) is 2.57. The maximum absolute atomic E-state index is 9.84. The molecule has 0 amide bonds. The molecular formula is C16H24O2. The molecule has 1 aromatic rings. The van der Waals surface area contributed by atoms with Crippen LogP contribution in [0.4, 0.5) is 0 Å². The second kappa shape index (κ2) is 6.67. The highest BCUT2D eigenvalue weighted by Gasteiger charge is 2.18. The van der Waals surface area contributed by atoms with E-state index in [0.717, 1.165) is 19.3 Å². The van der Waals surface area contributed by atoms with E-state index >= 15 is 0 Å². The van der Waals surface area contributed by atoms with E-state index in [0.29, 0.717) is 11.9 Å². The van der Waals surface area contributed by atoms with Crippen molar-refractivity contribution in [1.82, 2.24) is 0 Å². The molecule has 1 aromatic carbocycles. The summed E-state index contributed by atoms with van der Waals surface area (Å²) in [6.07, 6.45) is 9.85. The van der Waals surface area contributed by atoms with Crippen LogP contribution in [0.15, 0.2) is 18.2 Å². The van der Waals surface area contributed by atoms with Crippen LogP contribution in [-0.2, 0) is 6.42 Å². The van der Waals surface area contributed by atoms with Gasteiger partial charge in [0.05, 0.1) is 6.10 Å². The maximum atomic E-state index is 9.84. The molecule has 0 aliphatic heterocycles. The molecule has 18 heavy (non-hydrogen) atoms. The Labute approximate surface area is 110 Å². The molecule has 0 bridgehead atoms. The van der Waals surface area contributed by atoms with Gasteiger partial charge in [-0.15, -0.1) is 0 Å². The lowest BCUT2D eigenvalue weighted by Crippen LogP contribution is -2.11. The number of phenolic OH excluding ortho intramolecular Hbond substituents is 1. The Morgan fingerprint density at radius 1 is 1.22 bits per heavy atom. The molecule has 100 valence electrons. The van der Waals surface area contributed by atoms with Crippen LogP contribution in [0.1, 0.15) is 57.4 Å². The van der Waals surface area contributed by atoms with E-state index in [1.807, 2.05) is 12.1 Å². The van der Waals surface area contributed by atoms with Crippen LogP contribution in [0.5, 0.6) is 11.5 Å². The first kappa shape index (κ1) is 13.3. The Hall–Kier alpha value is -1.18. The number of unbranched alkanes of at least 4 members (excludes halogenated alkanes) is 2. The topological polar surface area (TPSA) is 29.5 Å². The molecule has 0 heterocycles. The summed E-state index contributed by atoms with van der Waals surface area (Å²) in [6.45, 7) is 2.21. The van der Waals surface area contributed by atoms with Crippen molar-refractivity contribution in [3.05, 3.63) is 23.8 Å². The lowest BCUT2D eigenvalue weighted by Gasteiger charge is -2.15. The van der Waals surface area contributed by atoms with Gasteiger partial charge in [0, 0.05) is 0 Å². The van der Waals surface area contributed by atoms with Crippen LogP contribution < -0.4 is 4.74 Å². The first-order valence-corrected chi connectivity index (χ1v) is 7.28. The number of ether oxygens (including phenoxy) is 1. The molecule has 2 nitrogen and oxygen atoms in total. The number of rotatable bonds is 6. The Morgan fingerprint density at radius 3 is 2.72 bits per heavy atom. The second-order valence-corrected chi connectivity index (χ2v) is 5.28. The highest BCUT2D eigenvalue weighted by atomic mass is 16.5. The molecule has 1 aliphatic carbocycles. The minimum absolute atomic E-state index is 0.279. The maximum Gasteiger partial charge on any atom is 0.161 e. The van der Waals surface area contributed by atoms with Crippen LogP contribution in [-0.4, -0.2) is 11.2 Å². The average molecular weight is 248 g/mol. The standard InChI is InChI=1S/C16H24O2/c1-2-3-4-7-13-10-11-15(17)16(12-13)18-14-8-5-6-9-14/h10-12,14,17H,2-9H2,1H3. The van der Waals surface area contributed by atoms with Crippen molar-refractivity contribution in [2.24, 2.45) is 0 Å². The Kier molecular flexibility index (Phi) is 4.91. The summed E-state index contributed by atoms with van der Waals surface area (Å²) in [5, 5.41) is 9.84. The van der Waals surface area contributed by atoms with Crippen LogP contribution in [0.25, 0.3) is 0 Å². The van der Waals surface area contributed by atoms with Gasteiger partial charge in [0.25, 0.3) is 0 Å². The van der Waals surface area contributed by atoms with Crippen molar-refractivity contribution in [2.75, 3.05) is 0 Å². The van der Waals surface area contributed by atoms with Crippen LogP contribution in [0.2, 0.25) is 0 Å². The SMILES string of the molecule is CCCCCc1ccc(O)c(OC2CCCC2)c1. The second-order valence-electron chi connectivity index (χ2n) is 5.28. The van der Waals surface area contributed by atoms with Crippen LogP contribution in [0, 0.1) is 0 Å². The van der Waals surface area contributed by atoms with E-state index in [-0.39, 0.29) is 5.75 Å². The summed E-state index contributed by atoms with van der Waals surface area (Å²) in [5.41, 5.74) is 1.27. The van der Waals surface area contributed by atoms with E-state index in [1.165, 1.54) is 37.7 Å². The Bertz CT molecular complexity index is 367. The fraction of sp³-hybridized carbons (Fsp3) is 0.625. The van der Waals surface area contributed by atoms with Gasteiger partial charge in [-0.25, -0.2) is 0 Å². The number of aryl methyl sites for hydroxylation is 1. The molecule has 2 rings (SSSR count). The minimum Gasteiger partial charge on any atom is -0.504 e. The van der Waals surface area contributed by atoms with Gasteiger partial charge in [-0.2, -0.15) is 0 Å². The highest BCUT2D eigenvalue weighted by molar-refractivity contribution is 5.42. The molecule has 0 radical (unpaired) electrons. The van der Waals surface area contributed by atoms with Crippen molar-refractivity contribution in [1.29, 1.82) is 0 Å². The van der Waals surface area contributed by atoms with Gasteiger partial charge in [-0.05, 0) is 56.2 Å². The zero-order valence-electron chi connectivity index (χ0n) is 11.3. The van der Waals surface area contributed by atoms with Gasteiger partial charge < -0.3 is 9.84 Å². The van der Waals surface area contributed by atoms with Gasteiger partial charge in [0.2, 0.25) is 0 Å². The zero-order chi connectivity index (χ0) is 12.8. The van der Waals surface area contributed by atoms with E-state index in [4.69, 9.17) is 4.74 Å². The summed E-state index contributed by atoms with van der Waals surface area (Å²) in [7, 11) is 0. The molecular weight excluding hydrogens is 224 g/mol. The van der Waals surface area contributed by atoms with Gasteiger partial charge >= 0.3 is 0 Å². The highest BCUT2D eigenvalue weighted by Crippen LogP contribution is 2.31. The molecule has 0 atom stereocenters. The largest absolute Gasteiger partial charge is 0.504 e. The normalized spacial score (nSPS) is 16.1. The molecule has 1 aliphatic rings. The van der Waals surface area contributed by atoms with E-state index in [9.17, 15) is 5.11 Å². The van der Waals surface area contributed by atoms with Crippen molar-refractivity contribution in [3.8, 4) is 11.5 Å². The van der Waals surface area contributed by atoms with Gasteiger partial charge in [0.15, 0.2) is 11.5 Å². The number of benzene rings is 1. The molecule has 0 spiro atoms. The Morgan fingerprint density at radius 2 is 2.00 bits per heavy atom. The van der Waals surface area contributed by atoms with Gasteiger partial charge in [0.1, 0.15) is 0 Å². The minimum atomic E-state index is 0.279. The third-order valence-corrected chi connectivity index (χ3v) is 3.69. The monoisotopic (exact) mass is 248 g/mol. The molecule has 0 aromatic heterocycles. The number of hydrogen-bond acceptors (Lipinski definition) is 2. The molecule has 0 saturated heterocycles. The first-order chi connectivity index (χ1) is 8.79. The lowest BCUT2D eigenvalue weighted by atomic mass is 10.1. The lowest BCUT2D eigenvalue weighted by molar-refractivity contribution is 0.201. The van der Waals surface area contributed by atoms with E-state index < -0.39 is 0 Å². The Balaban J connectivity index is 1.96. The molecule has 2 heteroatoms. The quantitative estimate of drug-likeness (QED) is 0.754. The molecule has 0 unspecified atom stereocenters. The summed E-state index contributed by atoms with van der Waals surface area (Å²) < 4.78 is 5.90. The van der Waals surface area contributed by atoms with Gasteiger partial charge in [-0.1, -0.05) is 25.8 Å². The van der Waals surface area contributed by atoms with E-state index in [2.05, 4.69) is 6.92 Å². The predicted octanol–water partition coefficient (Wildman–Crippen LogP) is 4.45. The van der Waals surface area contributed by atoms with Gasteiger partial charge in [-0.3, -0.25) is 0 Å². The molecule has 1 N–H and O–H groups in total. The summed E-state index contributed by atoms with van der Waals surface area (Å²) in [6, 6.07) is 5.79. The average Bonchev–Trinajstić information content (AvgIpc) is 2.86. The number of aromatic hydroxyl groups is 1. The van der Waals surface area contributed by atoms with Crippen molar-refractivity contribution in [3.63, 3.8) is 0 Å². The number of hydrogen-bond donors (Lipinski definition) is 1. The smallest absolute Gasteiger partial charge is 0.161 e. The molecule has 1 saturated carbocycles. The fourth-order valence-electron chi connectivity index (χ4n) is 2.57. The molecule has 1 fully saturated rings. The van der Waals surface area contributed by atoms with Crippen molar-refractivity contribution < 1.29 is 9.84 Å². The number of phenols is 1. The summed E-state index contributed by atoms with van der Waals surface area (Å²) >= 11 is 0. The summed E-state index contributed by atoms with van der Waals surface area (Å²) in [5.74, 6) is 0.956. The van der Waals surface area contributed by atoms with E-state index in [1.54, 1.807) is 6.07 Å². The van der Waals surface area contributed by atoms with Crippen molar-refractivity contribution >= 4 is 0 Å². The summed E-state index contributed by atoms with van der Waals surface area (Å²) in [4.78, 5) is 0. The van der Waals surface area contributed by atoms with Crippen molar-refractivity contribution in [2.45, 2.75) is 64.4 Å². The first-order valence-electron chi connectivity index (χ1n) is 7.28. The third kappa shape index (κ3) is 3.66. The van der Waals surface area contributed by atoms with Crippen LogP contribution in [0.3, 0.4) is 0 Å². The zero-order valence-corrected chi connectivity index (χ0v) is 11.3. The third-order valence-electron chi connectivity index (χ3n) is 3.69. The predicted molar refractivity (Wildman–Crippen MR) is 74.2 cm³/mol.